The minimum atomic E-state index is -1.06. The van der Waals surface area contributed by atoms with E-state index >= 15 is 0 Å². The van der Waals surface area contributed by atoms with Crippen molar-refractivity contribution in [1.29, 1.82) is 10.5 Å². The van der Waals surface area contributed by atoms with Crippen molar-refractivity contribution in [2.45, 2.75) is 12.8 Å². The molecule has 0 fully saturated rings. The Balaban J connectivity index is 0. The number of hydrogen-bond donors (Lipinski definition) is 4. The van der Waals surface area contributed by atoms with Gasteiger partial charge in [0, 0.05) is 25.9 Å². The summed E-state index contributed by atoms with van der Waals surface area (Å²) in [5.74, 6) is -2.13. The van der Waals surface area contributed by atoms with Crippen LogP contribution >= 0.6 is 0 Å². The highest BCUT2D eigenvalue weighted by Crippen LogP contribution is 2.03. The van der Waals surface area contributed by atoms with Crippen LogP contribution in [0.1, 0.15) is 33.6 Å². The molecule has 0 bridgehead atoms. The summed E-state index contributed by atoms with van der Waals surface area (Å²) in [6, 6.07) is 8.81. The number of rotatable bonds is 4. The molecule has 1 aromatic rings. The van der Waals surface area contributed by atoms with Gasteiger partial charge in [0.1, 0.15) is 0 Å². The second kappa shape index (κ2) is 14.5. The Bertz CT molecular complexity index is 480. The predicted molar refractivity (Wildman–Crippen MR) is 78.9 cm³/mol. The molecule has 8 nitrogen and oxygen atoms in total. The SMILES string of the molecule is N#CCCN.N#CCCN.O=C(O)c1ccc(C(=O)O)cc1. The Kier molecular flexibility index (Phi) is 14.0. The number of nitrogens with zero attached hydrogens (tertiary/aromatic N) is 2. The number of nitrogens with two attached hydrogens (primary N) is 2. The molecule has 0 aromatic heterocycles. The first kappa shape index (κ1) is 21.4. The van der Waals surface area contributed by atoms with Crippen LogP contribution in [0.25, 0.3) is 0 Å². The molecule has 0 atom stereocenters. The number of nitriles is 2. The lowest BCUT2D eigenvalue weighted by atomic mass is 10.1. The van der Waals surface area contributed by atoms with Crippen LogP contribution in [-0.2, 0) is 0 Å². The van der Waals surface area contributed by atoms with E-state index < -0.39 is 11.9 Å². The van der Waals surface area contributed by atoms with E-state index in [9.17, 15) is 9.59 Å². The van der Waals surface area contributed by atoms with Crippen molar-refractivity contribution >= 4 is 11.9 Å². The van der Waals surface area contributed by atoms with Crippen LogP contribution in [0, 0.1) is 22.7 Å². The van der Waals surface area contributed by atoms with Gasteiger partial charge in [-0.2, -0.15) is 10.5 Å². The summed E-state index contributed by atoms with van der Waals surface area (Å²) >= 11 is 0. The lowest BCUT2D eigenvalue weighted by molar-refractivity contribution is 0.0681. The fourth-order valence-electron chi connectivity index (χ4n) is 0.884. The summed E-state index contributed by atoms with van der Waals surface area (Å²) in [5.41, 5.74) is 10.00. The Labute approximate surface area is 128 Å². The summed E-state index contributed by atoms with van der Waals surface area (Å²) in [6.07, 6.45) is 0.944. The van der Waals surface area contributed by atoms with Gasteiger partial charge in [-0.1, -0.05) is 0 Å². The van der Waals surface area contributed by atoms with E-state index in [1.54, 1.807) is 0 Å². The van der Waals surface area contributed by atoms with Crippen molar-refractivity contribution in [2.24, 2.45) is 11.5 Å². The molecule has 22 heavy (non-hydrogen) atoms. The molecule has 0 heterocycles. The van der Waals surface area contributed by atoms with Crippen molar-refractivity contribution in [3.05, 3.63) is 35.4 Å². The smallest absolute Gasteiger partial charge is 0.335 e. The van der Waals surface area contributed by atoms with Gasteiger partial charge in [0.25, 0.3) is 0 Å². The van der Waals surface area contributed by atoms with Crippen LogP contribution in [0.5, 0.6) is 0 Å². The monoisotopic (exact) mass is 306 g/mol. The molecule has 8 heteroatoms. The molecule has 0 saturated carbocycles. The number of benzene rings is 1. The number of carboxylic acids is 2. The first-order valence-electron chi connectivity index (χ1n) is 6.15. The molecule has 0 unspecified atom stereocenters. The quantitative estimate of drug-likeness (QED) is 0.631. The molecular formula is C14H18N4O4. The third kappa shape index (κ3) is 12.1. The van der Waals surface area contributed by atoms with Gasteiger partial charge in [-0.25, -0.2) is 9.59 Å². The summed E-state index contributed by atoms with van der Waals surface area (Å²) in [5, 5.41) is 32.4. The number of hydrogen-bond acceptors (Lipinski definition) is 6. The second-order valence-electron chi connectivity index (χ2n) is 3.58. The zero-order valence-electron chi connectivity index (χ0n) is 11.9. The lowest BCUT2D eigenvalue weighted by Crippen LogP contribution is -1.99. The van der Waals surface area contributed by atoms with E-state index in [4.69, 9.17) is 32.2 Å². The van der Waals surface area contributed by atoms with Crippen LogP contribution in [0.15, 0.2) is 24.3 Å². The minimum Gasteiger partial charge on any atom is -0.478 e. The van der Waals surface area contributed by atoms with Gasteiger partial charge in [-0.05, 0) is 24.3 Å². The number of carboxylic acid groups (broad SMARTS) is 2. The Hall–Kier alpha value is -2.94. The Morgan fingerprint density at radius 3 is 1.23 bits per heavy atom. The van der Waals surface area contributed by atoms with Gasteiger partial charge in [0.2, 0.25) is 0 Å². The highest BCUT2D eigenvalue weighted by atomic mass is 16.4. The fourth-order valence-corrected chi connectivity index (χ4v) is 0.884. The van der Waals surface area contributed by atoms with E-state index in [1.165, 1.54) is 24.3 Å². The number of aromatic carboxylic acids is 2. The average Bonchev–Trinajstić information content (AvgIpc) is 2.50. The lowest BCUT2D eigenvalue weighted by Gasteiger charge is -1.94. The third-order valence-electron chi connectivity index (χ3n) is 1.89. The van der Waals surface area contributed by atoms with Crippen LogP contribution < -0.4 is 11.5 Å². The minimum absolute atomic E-state index is 0.0833. The van der Waals surface area contributed by atoms with Gasteiger partial charge in [0.15, 0.2) is 0 Å². The summed E-state index contributed by atoms with van der Waals surface area (Å²) < 4.78 is 0. The molecule has 0 aliphatic rings. The van der Waals surface area contributed by atoms with E-state index in [2.05, 4.69) is 0 Å². The normalized spacial score (nSPS) is 8.00. The van der Waals surface area contributed by atoms with Gasteiger partial charge in [-0.15, -0.1) is 0 Å². The average molecular weight is 306 g/mol. The number of carbonyl (C=O) groups is 2. The summed E-state index contributed by atoms with van der Waals surface area (Å²) in [7, 11) is 0. The first-order chi connectivity index (χ1) is 10.4. The van der Waals surface area contributed by atoms with Crippen molar-refractivity contribution in [2.75, 3.05) is 13.1 Å². The van der Waals surface area contributed by atoms with Gasteiger partial charge >= 0.3 is 11.9 Å². The maximum absolute atomic E-state index is 10.3. The second-order valence-corrected chi connectivity index (χ2v) is 3.58. The maximum atomic E-state index is 10.3. The standard InChI is InChI=1S/C8H6O4.2C3H6N2/c9-7(10)5-1-2-6(4-3-5)8(11)12;2*4-2-1-3-5/h1-4H,(H,9,10)(H,11,12);2*1-2,4H2. The van der Waals surface area contributed by atoms with E-state index in [0.717, 1.165) is 0 Å². The Morgan fingerprint density at radius 2 is 1.14 bits per heavy atom. The zero-order chi connectivity index (χ0) is 17.4. The molecule has 1 aromatic carbocycles. The molecule has 0 spiro atoms. The van der Waals surface area contributed by atoms with Gasteiger partial charge in [-0.3, -0.25) is 0 Å². The highest BCUT2D eigenvalue weighted by molar-refractivity contribution is 5.91. The van der Waals surface area contributed by atoms with Gasteiger partial charge in [0.05, 0.1) is 23.3 Å². The molecule has 0 aliphatic carbocycles. The van der Waals surface area contributed by atoms with E-state index in [1.807, 2.05) is 12.1 Å². The maximum Gasteiger partial charge on any atom is 0.335 e. The Morgan fingerprint density at radius 1 is 0.864 bits per heavy atom. The third-order valence-corrected chi connectivity index (χ3v) is 1.89. The molecule has 118 valence electrons. The van der Waals surface area contributed by atoms with Crippen LogP contribution in [0.2, 0.25) is 0 Å². The zero-order valence-corrected chi connectivity index (χ0v) is 11.9. The predicted octanol–water partition coefficient (Wildman–Crippen LogP) is 0.801. The van der Waals surface area contributed by atoms with Crippen molar-refractivity contribution in [3.8, 4) is 12.1 Å². The van der Waals surface area contributed by atoms with E-state index in [-0.39, 0.29) is 11.1 Å². The van der Waals surface area contributed by atoms with Crippen molar-refractivity contribution in [1.82, 2.24) is 0 Å². The van der Waals surface area contributed by atoms with Crippen LogP contribution in [0.3, 0.4) is 0 Å². The molecule has 0 radical (unpaired) electrons. The molecule has 0 saturated heterocycles. The highest BCUT2D eigenvalue weighted by Gasteiger charge is 2.04. The van der Waals surface area contributed by atoms with Crippen LogP contribution in [0.4, 0.5) is 0 Å². The topological polar surface area (TPSA) is 174 Å². The van der Waals surface area contributed by atoms with Gasteiger partial charge < -0.3 is 21.7 Å². The van der Waals surface area contributed by atoms with Crippen molar-refractivity contribution < 1.29 is 19.8 Å². The summed E-state index contributed by atoms with van der Waals surface area (Å²) in [6.45, 7) is 0.965. The molecule has 0 aliphatic heterocycles. The molecule has 6 N–H and O–H groups in total. The van der Waals surface area contributed by atoms with Crippen LogP contribution in [-0.4, -0.2) is 35.2 Å². The molecule has 1 rings (SSSR count). The molecule has 0 amide bonds. The largest absolute Gasteiger partial charge is 0.478 e. The summed E-state index contributed by atoms with van der Waals surface area (Å²) in [4.78, 5) is 20.7. The van der Waals surface area contributed by atoms with E-state index in [0.29, 0.717) is 25.9 Å². The molecular weight excluding hydrogens is 288 g/mol. The van der Waals surface area contributed by atoms with Crippen molar-refractivity contribution in [3.63, 3.8) is 0 Å². The first-order valence-corrected chi connectivity index (χ1v) is 6.15. The fraction of sp³-hybridized carbons (Fsp3) is 0.286.